The largest absolute Gasteiger partial charge is 0.545 e. The van der Waals surface area contributed by atoms with Crippen LogP contribution in [0.25, 0.3) is 0 Å². The third kappa shape index (κ3) is 84.4. The van der Waals surface area contributed by atoms with E-state index in [4.69, 9.17) is 18.9 Å². The average molecular weight is 1420 g/mol. The van der Waals surface area contributed by atoms with Crippen molar-refractivity contribution in [1.82, 2.24) is 0 Å². The van der Waals surface area contributed by atoms with E-state index in [1.807, 2.05) is 21.1 Å². The van der Waals surface area contributed by atoms with E-state index in [1.165, 1.54) is 385 Å². The van der Waals surface area contributed by atoms with Gasteiger partial charge in [0.25, 0.3) is 0 Å². The molecule has 0 spiro atoms. The summed E-state index contributed by atoms with van der Waals surface area (Å²) in [6, 6.07) is 0. The lowest BCUT2D eigenvalue weighted by Crippen LogP contribution is -2.44. The normalized spacial score (nSPS) is 12.8. The van der Waals surface area contributed by atoms with Crippen LogP contribution in [0.1, 0.15) is 463 Å². The van der Waals surface area contributed by atoms with E-state index in [2.05, 4.69) is 62.5 Å². The van der Waals surface area contributed by atoms with Crippen LogP contribution >= 0.6 is 0 Å². The second-order valence-electron chi connectivity index (χ2n) is 31.9. The number of quaternary nitrogens is 1. The zero-order chi connectivity index (χ0) is 73.2. The molecule has 9 heteroatoms. The van der Waals surface area contributed by atoms with Crippen molar-refractivity contribution in [3.8, 4) is 0 Å². The third-order valence-corrected chi connectivity index (χ3v) is 20.5. The molecular formula is C92H173NO8. The highest BCUT2D eigenvalue weighted by atomic mass is 16.7. The number of likely N-dealkylation sites (N-methyl/N-ethyl adjacent to an activating group) is 1. The van der Waals surface area contributed by atoms with Gasteiger partial charge in [0.15, 0.2) is 12.4 Å². The van der Waals surface area contributed by atoms with E-state index < -0.39 is 24.3 Å². The van der Waals surface area contributed by atoms with Gasteiger partial charge in [-0.05, 0) is 77.0 Å². The molecule has 0 amide bonds. The first kappa shape index (κ1) is 98.2. The maximum Gasteiger partial charge on any atom is 0.306 e. The highest BCUT2D eigenvalue weighted by molar-refractivity contribution is 5.70. The fourth-order valence-electron chi connectivity index (χ4n) is 13.7. The van der Waals surface area contributed by atoms with Crippen LogP contribution in [0.15, 0.2) is 48.6 Å². The third-order valence-electron chi connectivity index (χ3n) is 20.5. The molecule has 0 aliphatic carbocycles. The molecule has 0 rings (SSSR count). The molecular weight excluding hydrogens is 1250 g/mol. The number of carboxylic acid groups (broad SMARTS) is 1. The first-order valence-corrected chi connectivity index (χ1v) is 44.8. The molecule has 594 valence electrons. The van der Waals surface area contributed by atoms with Gasteiger partial charge in [-0.25, -0.2) is 0 Å². The van der Waals surface area contributed by atoms with Crippen molar-refractivity contribution < 1.29 is 42.9 Å². The first-order valence-electron chi connectivity index (χ1n) is 44.8. The summed E-state index contributed by atoms with van der Waals surface area (Å²) >= 11 is 0. The second-order valence-corrected chi connectivity index (χ2v) is 31.9. The summed E-state index contributed by atoms with van der Waals surface area (Å²) in [6.45, 7) is 4.81. The van der Waals surface area contributed by atoms with E-state index >= 15 is 0 Å². The Hall–Kier alpha value is -2.75. The van der Waals surface area contributed by atoms with Crippen LogP contribution in [0.4, 0.5) is 0 Å². The number of hydrogen-bond acceptors (Lipinski definition) is 8. The summed E-state index contributed by atoms with van der Waals surface area (Å²) in [5.74, 6) is -2.24. The van der Waals surface area contributed by atoms with Crippen LogP contribution < -0.4 is 5.11 Å². The molecule has 0 saturated heterocycles. The van der Waals surface area contributed by atoms with Crippen molar-refractivity contribution in [2.75, 3.05) is 47.5 Å². The highest BCUT2D eigenvalue weighted by Gasteiger charge is 2.22. The van der Waals surface area contributed by atoms with Gasteiger partial charge in [0.1, 0.15) is 13.2 Å². The number of esters is 2. The Kier molecular flexibility index (Phi) is 80.6. The first-order chi connectivity index (χ1) is 49.6. The Morgan fingerprint density at radius 2 is 0.535 bits per heavy atom. The van der Waals surface area contributed by atoms with Gasteiger partial charge in [-0.15, -0.1) is 0 Å². The standard InChI is InChI=1S/C92H173NO8/c1-6-8-10-12-14-16-18-20-22-24-26-28-30-32-34-36-38-40-42-44-45-47-49-51-53-55-57-59-61-63-65-67-69-71-73-75-77-79-81-83-90(95)101-88(87-100-92(91(96)97)98-85-84-93(3,4)5)86-99-89(94)82-80-78-76-74-72-70-68-66-64-62-60-58-56-54-52-50-48-46-43-41-39-37-35-33-31-29-27-25-23-21-19-17-15-13-11-9-7-2/h18-21,24-27,88,92H,6-17,22-23,28-87H2,1-5H3/b20-18-,21-19-,26-24-,27-25-. The molecule has 0 saturated carbocycles. The highest BCUT2D eigenvalue weighted by Crippen LogP contribution is 2.21. The summed E-state index contributed by atoms with van der Waals surface area (Å²) in [4.78, 5) is 37.7. The zero-order valence-electron chi connectivity index (χ0n) is 68.3. The molecule has 2 atom stereocenters. The molecule has 0 fully saturated rings. The zero-order valence-corrected chi connectivity index (χ0v) is 68.3. The Morgan fingerprint density at radius 1 is 0.297 bits per heavy atom. The molecule has 0 aliphatic rings. The van der Waals surface area contributed by atoms with Gasteiger partial charge >= 0.3 is 11.9 Å². The van der Waals surface area contributed by atoms with E-state index in [0.717, 1.165) is 51.4 Å². The molecule has 0 radical (unpaired) electrons. The molecule has 0 aromatic rings. The number of allylic oxidation sites excluding steroid dienone is 8. The van der Waals surface area contributed by atoms with Gasteiger partial charge in [0.05, 0.1) is 40.3 Å². The van der Waals surface area contributed by atoms with Gasteiger partial charge < -0.3 is 33.3 Å². The fourth-order valence-corrected chi connectivity index (χ4v) is 13.7. The number of nitrogens with zero attached hydrogens (tertiary/aromatic N) is 1. The fraction of sp³-hybridized carbons (Fsp3) is 0.880. The van der Waals surface area contributed by atoms with Gasteiger partial charge in [-0.1, -0.05) is 422 Å². The monoisotopic (exact) mass is 1420 g/mol. The summed E-state index contributed by atoms with van der Waals surface area (Å²) < 4.78 is 22.9. The van der Waals surface area contributed by atoms with Crippen molar-refractivity contribution in [1.29, 1.82) is 0 Å². The Labute approximate surface area is 629 Å². The number of unbranched alkanes of at least 4 members (excludes halogenated alkanes) is 62. The Morgan fingerprint density at radius 3 is 0.782 bits per heavy atom. The lowest BCUT2D eigenvalue weighted by molar-refractivity contribution is -0.870. The van der Waals surface area contributed by atoms with Crippen molar-refractivity contribution >= 4 is 17.9 Å². The van der Waals surface area contributed by atoms with E-state index in [9.17, 15) is 19.5 Å². The van der Waals surface area contributed by atoms with Crippen molar-refractivity contribution in [2.45, 2.75) is 476 Å². The lowest BCUT2D eigenvalue weighted by Gasteiger charge is -2.26. The van der Waals surface area contributed by atoms with Gasteiger partial charge in [-0.2, -0.15) is 0 Å². The summed E-state index contributed by atoms with van der Waals surface area (Å²) in [6.07, 6.45) is 107. The van der Waals surface area contributed by atoms with Gasteiger partial charge in [0.2, 0.25) is 0 Å². The number of carbonyl (C=O) groups is 3. The predicted octanol–water partition coefficient (Wildman–Crippen LogP) is 27.8. The smallest absolute Gasteiger partial charge is 0.306 e. The van der Waals surface area contributed by atoms with Gasteiger partial charge in [0, 0.05) is 12.8 Å². The molecule has 0 heterocycles. The lowest BCUT2D eigenvalue weighted by atomic mass is 10.0. The number of carbonyl (C=O) groups excluding carboxylic acids is 3. The predicted molar refractivity (Wildman–Crippen MR) is 436 cm³/mol. The minimum atomic E-state index is -1.62. The molecule has 0 aromatic carbocycles. The molecule has 0 N–H and O–H groups in total. The molecule has 0 bridgehead atoms. The van der Waals surface area contributed by atoms with E-state index in [0.29, 0.717) is 17.4 Å². The summed E-state index contributed by atoms with van der Waals surface area (Å²) in [7, 11) is 5.96. The summed E-state index contributed by atoms with van der Waals surface area (Å²) in [5, 5.41) is 11.9. The number of carboxylic acids is 1. The molecule has 101 heavy (non-hydrogen) atoms. The van der Waals surface area contributed by atoms with Crippen LogP contribution in [0.3, 0.4) is 0 Å². The van der Waals surface area contributed by atoms with Crippen LogP contribution in [-0.4, -0.2) is 82.3 Å². The maximum atomic E-state index is 13.0. The number of hydrogen-bond donors (Lipinski definition) is 0. The second kappa shape index (κ2) is 82.9. The van der Waals surface area contributed by atoms with Crippen molar-refractivity contribution in [3.05, 3.63) is 48.6 Å². The van der Waals surface area contributed by atoms with Crippen LogP contribution in [-0.2, 0) is 33.3 Å². The van der Waals surface area contributed by atoms with E-state index in [-0.39, 0.29) is 32.2 Å². The molecule has 2 unspecified atom stereocenters. The Bertz CT molecular complexity index is 1800. The number of rotatable bonds is 85. The average Bonchev–Trinajstić information content (AvgIpc) is 1.21. The SMILES string of the molecule is CCCCCCC/C=C\C/C=C\CCCCCCCCCCCCCCCCCCCCCCCCCCCCCC(=O)OC(COC(=O)CCCCCCCCCCCCCCCCCCCCCCCCCCC/C=C\C/C=C\CCCCCCC)COC(OCC[N+](C)(C)C)C(=O)[O-]. The van der Waals surface area contributed by atoms with Crippen LogP contribution in [0, 0.1) is 0 Å². The minimum absolute atomic E-state index is 0.151. The van der Waals surface area contributed by atoms with Crippen molar-refractivity contribution in [2.24, 2.45) is 0 Å². The summed E-state index contributed by atoms with van der Waals surface area (Å²) in [5.41, 5.74) is 0. The topological polar surface area (TPSA) is 111 Å². The molecule has 0 aromatic heterocycles. The van der Waals surface area contributed by atoms with Crippen molar-refractivity contribution in [3.63, 3.8) is 0 Å². The molecule has 0 aliphatic heterocycles. The number of aliphatic carboxylic acids is 1. The van der Waals surface area contributed by atoms with Gasteiger partial charge in [-0.3, -0.25) is 9.59 Å². The maximum absolute atomic E-state index is 13.0. The quantitative estimate of drug-likeness (QED) is 0.0195. The Balaban J connectivity index is 3.90. The van der Waals surface area contributed by atoms with Crippen LogP contribution in [0.2, 0.25) is 0 Å². The minimum Gasteiger partial charge on any atom is -0.545 e. The van der Waals surface area contributed by atoms with E-state index in [1.54, 1.807) is 0 Å². The number of ether oxygens (including phenoxy) is 4. The molecule has 9 nitrogen and oxygen atoms in total. The van der Waals surface area contributed by atoms with Crippen LogP contribution in [0.5, 0.6) is 0 Å².